The average Bonchev–Trinajstić information content (AvgIpc) is 2.34. The van der Waals surface area contributed by atoms with E-state index in [0.29, 0.717) is 18.7 Å². The number of carbonyl (C=O) groups excluding carboxylic acids is 1. The van der Waals surface area contributed by atoms with Gasteiger partial charge in [0.2, 0.25) is 5.91 Å². The molecule has 1 amide bonds. The second kappa shape index (κ2) is 7.06. The summed E-state index contributed by atoms with van der Waals surface area (Å²) in [6.45, 7) is 0.446. The van der Waals surface area contributed by atoms with Gasteiger partial charge in [0.15, 0.2) is 0 Å². The number of rotatable bonds is 6. The van der Waals surface area contributed by atoms with E-state index in [9.17, 15) is 4.79 Å². The summed E-state index contributed by atoms with van der Waals surface area (Å²) in [4.78, 5) is 11.5. The van der Waals surface area contributed by atoms with E-state index in [4.69, 9.17) is 10.5 Å². The van der Waals surface area contributed by atoms with E-state index in [1.165, 1.54) is 0 Å². The van der Waals surface area contributed by atoms with Crippen LogP contribution >= 0.6 is 11.8 Å². The van der Waals surface area contributed by atoms with Crippen LogP contribution in [0.4, 0.5) is 5.69 Å². The Balaban J connectivity index is 2.56. The zero-order chi connectivity index (χ0) is 12.7. The Morgan fingerprint density at radius 1 is 1.53 bits per heavy atom. The van der Waals surface area contributed by atoms with Crippen molar-refractivity contribution < 1.29 is 9.53 Å². The maximum Gasteiger partial charge on any atom is 0.221 e. The standard InChI is InChI=1S/C12H18N2O2S/c1-16-11-4-3-10(13)7-9(11)8-14-12(15)5-6-17-2/h3-4,7H,5-6,8,13H2,1-2H3,(H,14,15). The van der Waals surface area contributed by atoms with Crippen molar-refractivity contribution in [2.24, 2.45) is 0 Å². The fraction of sp³-hybridized carbons (Fsp3) is 0.417. The highest BCUT2D eigenvalue weighted by atomic mass is 32.2. The van der Waals surface area contributed by atoms with Gasteiger partial charge in [-0.15, -0.1) is 0 Å². The lowest BCUT2D eigenvalue weighted by Gasteiger charge is -2.10. The van der Waals surface area contributed by atoms with Crippen LogP contribution in [-0.2, 0) is 11.3 Å². The van der Waals surface area contributed by atoms with Crippen LogP contribution in [0.15, 0.2) is 18.2 Å². The van der Waals surface area contributed by atoms with Gasteiger partial charge in [0, 0.05) is 30.0 Å². The normalized spacial score (nSPS) is 10.0. The molecule has 3 N–H and O–H groups in total. The van der Waals surface area contributed by atoms with E-state index in [2.05, 4.69) is 5.32 Å². The van der Waals surface area contributed by atoms with E-state index in [1.54, 1.807) is 31.0 Å². The summed E-state index contributed by atoms with van der Waals surface area (Å²) >= 11 is 1.66. The van der Waals surface area contributed by atoms with E-state index >= 15 is 0 Å². The first-order valence-electron chi connectivity index (χ1n) is 5.35. The number of nitrogens with two attached hydrogens (primary N) is 1. The van der Waals surface area contributed by atoms with Crippen molar-refractivity contribution in [1.82, 2.24) is 5.32 Å². The molecule has 0 bridgehead atoms. The minimum absolute atomic E-state index is 0.0452. The van der Waals surface area contributed by atoms with Crippen molar-refractivity contribution in [2.45, 2.75) is 13.0 Å². The Hall–Kier alpha value is -1.36. The van der Waals surface area contributed by atoms with Crippen LogP contribution < -0.4 is 15.8 Å². The summed E-state index contributed by atoms with van der Waals surface area (Å²) in [5.41, 5.74) is 7.26. The first-order valence-corrected chi connectivity index (χ1v) is 6.74. The highest BCUT2D eigenvalue weighted by molar-refractivity contribution is 7.98. The molecule has 0 fully saturated rings. The van der Waals surface area contributed by atoms with Crippen LogP contribution in [0, 0.1) is 0 Å². The van der Waals surface area contributed by atoms with Crippen molar-refractivity contribution in [2.75, 3.05) is 24.9 Å². The Morgan fingerprint density at radius 3 is 2.94 bits per heavy atom. The molecule has 1 aromatic rings. The van der Waals surface area contributed by atoms with Crippen molar-refractivity contribution in [1.29, 1.82) is 0 Å². The molecule has 0 heterocycles. The second-order valence-corrected chi connectivity index (χ2v) is 4.58. The zero-order valence-electron chi connectivity index (χ0n) is 10.2. The van der Waals surface area contributed by atoms with Crippen LogP contribution in [0.25, 0.3) is 0 Å². The Morgan fingerprint density at radius 2 is 2.29 bits per heavy atom. The van der Waals surface area contributed by atoms with E-state index in [1.807, 2.05) is 12.3 Å². The molecule has 0 atom stereocenters. The molecule has 94 valence electrons. The Bertz CT molecular complexity index is 383. The molecular formula is C12H18N2O2S. The number of carbonyl (C=O) groups is 1. The molecular weight excluding hydrogens is 236 g/mol. The van der Waals surface area contributed by atoms with Gasteiger partial charge in [-0.2, -0.15) is 11.8 Å². The molecule has 5 heteroatoms. The van der Waals surface area contributed by atoms with Crippen molar-refractivity contribution in [3.8, 4) is 5.75 Å². The first kappa shape index (κ1) is 13.7. The van der Waals surface area contributed by atoms with Gasteiger partial charge < -0.3 is 15.8 Å². The number of thioether (sulfide) groups is 1. The van der Waals surface area contributed by atoms with Gasteiger partial charge in [0.05, 0.1) is 7.11 Å². The Labute approximate surface area is 106 Å². The fourth-order valence-electron chi connectivity index (χ4n) is 1.41. The van der Waals surface area contributed by atoms with Crippen LogP contribution in [-0.4, -0.2) is 25.0 Å². The SMILES string of the molecule is COc1ccc(N)cc1CNC(=O)CCSC. The smallest absolute Gasteiger partial charge is 0.221 e. The van der Waals surface area contributed by atoms with Crippen molar-refractivity contribution in [3.05, 3.63) is 23.8 Å². The van der Waals surface area contributed by atoms with Crippen LogP contribution in [0.3, 0.4) is 0 Å². The van der Waals surface area contributed by atoms with Gasteiger partial charge in [-0.1, -0.05) is 0 Å². The molecule has 0 aliphatic heterocycles. The molecule has 0 saturated heterocycles. The number of anilines is 1. The lowest BCUT2D eigenvalue weighted by Crippen LogP contribution is -2.23. The van der Waals surface area contributed by atoms with Crippen molar-refractivity contribution >= 4 is 23.4 Å². The van der Waals surface area contributed by atoms with Gasteiger partial charge in [-0.25, -0.2) is 0 Å². The van der Waals surface area contributed by atoms with E-state index in [0.717, 1.165) is 17.1 Å². The van der Waals surface area contributed by atoms with E-state index in [-0.39, 0.29) is 5.91 Å². The van der Waals surface area contributed by atoms with Gasteiger partial charge in [-0.05, 0) is 24.5 Å². The predicted molar refractivity (Wildman–Crippen MR) is 72.3 cm³/mol. The summed E-state index contributed by atoms with van der Waals surface area (Å²) in [7, 11) is 1.60. The molecule has 4 nitrogen and oxygen atoms in total. The van der Waals surface area contributed by atoms with Gasteiger partial charge in [0.1, 0.15) is 5.75 Å². The third-order valence-electron chi connectivity index (χ3n) is 2.31. The summed E-state index contributed by atoms with van der Waals surface area (Å²) in [5.74, 6) is 1.62. The topological polar surface area (TPSA) is 64.3 Å². The molecule has 0 aliphatic rings. The number of methoxy groups -OCH3 is 1. The number of hydrogen-bond donors (Lipinski definition) is 2. The van der Waals surface area contributed by atoms with Crippen molar-refractivity contribution in [3.63, 3.8) is 0 Å². The molecule has 0 unspecified atom stereocenters. The predicted octanol–water partition coefficient (Wildman–Crippen LogP) is 1.65. The third-order valence-corrected chi connectivity index (χ3v) is 2.93. The van der Waals surface area contributed by atoms with Crippen LogP contribution in [0.1, 0.15) is 12.0 Å². The molecule has 0 aromatic heterocycles. The van der Waals surface area contributed by atoms with Gasteiger partial charge >= 0.3 is 0 Å². The molecule has 0 aliphatic carbocycles. The minimum Gasteiger partial charge on any atom is -0.496 e. The summed E-state index contributed by atoms with van der Waals surface area (Å²) in [6, 6.07) is 5.39. The van der Waals surface area contributed by atoms with E-state index < -0.39 is 0 Å². The molecule has 1 aromatic carbocycles. The summed E-state index contributed by atoms with van der Waals surface area (Å²) < 4.78 is 5.20. The maximum absolute atomic E-state index is 11.5. The lowest BCUT2D eigenvalue weighted by atomic mass is 10.1. The number of benzene rings is 1. The number of ether oxygens (including phenoxy) is 1. The third kappa shape index (κ3) is 4.56. The largest absolute Gasteiger partial charge is 0.496 e. The molecule has 17 heavy (non-hydrogen) atoms. The highest BCUT2D eigenvalue weighted by Crippen LogP contribution is 2.20. The monoisotopic (exact) mass is 254 g/mol. The van der Waals surface area contributed by atoms with Crippen LogP contribution in [0.5, 0.6) is 5.75 Å². The molecule has 0 saturated carbocycles. The zero-order valence-corrected chi connectivity index (χ0v) is 11.0. The number of nitrogen functional groups attached to an aromatic ring is 1. The Kier molecular flexibility index (Phi) is 5.69. The van der Waals surface area contributed by atoms with Crippen LogP contribution in [0.2, 0.25) is 0 Å². The summed E-state index contributed by atoms with van der Waals surface area (Å²) in [6.07, 6.45) is 2.51. The maximum atomic E-state index is 11.5. The highest BCUT2D eigenvalue weighted by Gasteiger charge is 2.05. The second-order valence-electron chi connectivity index (χ2n) is 3.59. The molecule has 0 spiro atoms. The quantitative estimate of drug-likeness (QED) is 0.758. The van der Waals surface area contributed by atoms with Gasteiger partial charge in [0.25, 0.3) is 0 Å². The molecule has 0 radical (unpaired) electrons. The number of nitrogens with one attached hydrogen (secondary N) is 1. The first-order chi connectivity index (χ1) is 8.17. The lowest BCUT2D eigenvalue weighted by molar-refractivity contribution is -0.120. The van der Waals surface area contributed by atoms with Gasteiger partial charge in [-0.3, -0.25) is 4.79 Å². The number of hydrogen-bond acceptors (Lipinski definition) is 4. The number of amides is 1. The minimum atomic E-state index is 0.0452. The summed E-state index contributed by atoms with van der Waals surface area (Å²) in [5, 5.41) is 2.85. The average molecular weight is 254 g/mol. The molecule has 1 rings (SSSR count). The fourth-order valence-corrected chi connectivity index (χ4v) is 1.80.